The molecule has 2 aromatic carbocycles. The van der Waals surface area contributed by atoms with E-state index in [-0.39, 0.29) is 0 Å². The van der Waals surface area contributed by atoms with Crippen molar-refractivity contribution in [2.24, 2.45) is 0 Å². The lowest BCUT2D eigenvalue weighted by molar-refractivity contribution is 0.644. The third-order valence-corrected chi connectivity index (χ3v) is 4.45. The van der Waals surface area contributed by atoms with Gasteiger partial charge < -0.3 is 9.80 Å². The van der Waals surface area contributed by atoms with E-state index in [1.165, 1.54) is 5.69 Å². The van der Waals surface area contributed by atoms with Gasteiger partial charge in [0, 0.05) is 37.4 Å². The molecule has 3 aromatic rings. The van der Waals surface area contributed by atoms with E-state index >= 15 is 0 Å². The molecule has 1 aromatic heterocycles. The first-order chi connectivity index (χ1) is 11.9. The van der Waals surface area contributed by atoms with Crippen LogP contribution in [0.1, 0.15) is 0 Å². The number of nitrogens with zero attached hydrogens (tertiary/aromatic N) is 4. The van der Waals surface area contributed by atoms with E-state index in [4.69, 9.17) is 0 Å². The van der Waals surface area contributed by atoms with Crippen molar-refractivity contribution < 1.29 is 0 Å². The molecule has 0 aliphatic carbocycles. The van der Waals surface area contributed by atoms with Crippen LogP contribution in [0.25, 0.3) is 11.3 Å². The summed E-state index contributed by atoms with van der Waals surface area (Å²) in [6, 6.07) is 24.9. The highest BCUT2D eigenvalue weighted by molar-refractivity contribution is 5.59. The number of hydrogen-bond donors (Lipinski definition) is 0. The van der Waals surface area contributed by atoms with Gasteiger partial charge in [-0.15, -0.1) is 10.2 Å². The maximum absolute atomic E-state index is 4.43. The lowest BCUT2D eigenvalue weighted by Gasteiger charge is -2.36. The Bertz CT molecular complexity index is 764. The van der Waals surface area contributed by atoms with E-state index < -0.39 is 0 Å². The number of para-hydroxylation sites is 1. The zero-order chi connectivity index (χ0) is 16.2. The fraction of sp³-hybridized carbons (Fsp3) is 0.200. The second-order valence-corrected chi connectivity index (χ2v) is 5.95. The minimum atomic E-state index is 0.919. The van der Waals surface area contributed by atoms with Crippen molar-refractivity contribution >= 4 is 11.5 Å². The number of anilines is 2. The van der Waals surface area contributed by atoms with Crippen molar-refractivity contribution in [2.45, 2.75) is 0 Å². The molecule has 1 saturated heterocycles. The fourth-order valence-electron chi connectivity index (χ4n) is 3.09. The maximum Gasteiger partial charge on any atom is 0.151 e. The van der Waals surface area contributed by atoms with Crippen molar-refractivity contribution in [3.05, 3.63) is 72.8 Å². The highest BCUT2D eigenvalue weighted by atomic mass is 15.3. The number of hydrogen-bond acceptors (Lipinski definition) is 4. The summed E-state index contributed by atoms with van der Waals surface area (Å²) < 4.78 is 0. The number of piperazine rings is 1. The molecule has 4 heteroatoms. The Kier molecular flexibility index (Phi) is 4.11. The van der Waals surface area contributed by atoms with Crippen molar-refractivity contribution in [2.75, 3.05) is 36.0 Å². The van der Waals surface area contributed by atoms with Gasteiger partial charge in [0.15, 0.2) is 5.82 Å². The quantitative estimate of drug-likeness (QED) is 0.740. The van der Waals surface area contributed by atoms with Crippen LogP contribution in [0.4, 0.5) is 11.5 Å². The number of aromatic nitrogens is 2. The zero-order valence-corrected chi connectivity index (χ0v) is 13.5. The Morgan fingerprint density at radius 2 is 1.21 bits per heavy atom. The highest BCUT2D eigenvalue weighted by Crippen LogP contribution is 2.21. The number of rotatable bonds is 3. The van der Waals surface area contributed by atoms with E-state index in [0.717, 1.165) is 43.3 Å². The summed E-state index contributed by atoms with van der Waals surface area (Å²) in [5.41, 5.74) is 3.32. The SMILES string of the molecule is c1ccc(-c2ccc(N3CCN(c4ccccc4)CC3)nn2)cc1. The van der Waals surface area contributed by atoms with Gasteiger partial charge in [-0.3, -0.25) is 0 Å². The molecule has 24 heavy (non-hydrogen) atoms. The van der Waals surface area contributed by atoms with Crippen molar-refractivity contribution in [1.82, 2.24) is 10.2 Å². The second-order valence-electron chi connectivity index (χ2n) is 5.95. The predicted octanol–water partition coefficient (Wildman–Crippen LogP) is 3.47. The minimum absolute atomic E-state index is 0.919. The summed E-state index contributed by atoms with van der Waals surface area (Å²) >= 11 is 0. The molecule has 4 nitrogen and oxygen atoms in total. The zero-order valence-electron chi connectivity index (χ0n) is 13.5. The lowest BCUT2D eigenvalue weighted by atomic mass is 10.1. The Balaban J connectivity index is 1.43. The van der Waals surface area contributed by atoms with Gasteiger partial charge in [-0.05, 0) is 24.3 Å². The summed E-state index contributed by atoms with van der Waals surface area (Å²) in [4.78, 5) is 4.73. The Morgan fingerprint density at radius 1 is 0.583 bits per heavy atom. The van der Waals surface area contributed by atoms with Gasteiger partial charge >= 0.3 is 0 Å². The van der Waals surface area contributed by atoms with Crippen molar-refractivity contribution in [3.8, 4) is 11.3 Å². The maximum atomic E-state index is 4.43. The first-order valence-corrected chi connectivity index (χ1v) is 8.34. The van der Waals surface area contributed by atoms with Gasteiger partial charge in [0.2, 0.25) is 0 Å². The molecule has 4 rings (SSSR count). The molecule has 0 spiro atoms. The van der Waals surface area contributed by atoms with Crippen LogP contribution in [-0.4, -0.2) is 36.4 Å². The van der Waals surface area contributed by atoms with Crippen LogP contribution >= 0.6 is 0 Å². The molecule has 1 fully saturated rings. The summed E-state index contributed by atoms with van der Waals surface area (Å²) in [6.45, 7) is 3.95. The van der Waals surface area contributed by atoms with Crippen molar-refractivity contribution in [3.63, 3.8) is 0 Å². The Morgan fingerprint density at radius 3 is 1.83 bits per heavy atom. The molecule has 1 aliphatic heterocycles. The normalized spacial score (nSPS) is 14.7. The van der Waals surface area contributed by atoms with E-state index in [0.29, 0.717) is 0 Å². The molecule has 0 atom stereocenters. The van der Waals surface area contributed by atoms with Gasteiger partial charge in [-0.1, -0.05) is 48.5 Å². The molecule has 2 heterocycles. The highest BCUT2D eigenvalue weighted by Gasteiger charge is 2.18. The van der Waals surface area contributed by atoms with Crippen LogP contribution in [0.2, 0.25) is 0 Å². The average molecular weight is 316 g/mol. The van der Waals surface area contributed by atoms with Crippen LogP contribution in [-0.2, 0) is 0 Å². The van der Waals surface area contributed by atoms with Crippen LogP contribution < -0.4 is 9.80 Å². The van der Waals surface area contributed by atoms with Gasteiger partial charge in [-0.2, -0.15) is 0 Å². The largest absolute Gasteiger partial charge is 0.368 e. The van der Waals surface area contributed by atoms with E-state index in [1.807, 2.05) is 18.2 Å². The first-order valence-electron chi connectivity index (χ1n) is 8.34. The second kappa shape index (κ2) is 6.71. The van der Waals surface area contributed by atoms with Crippen LogP contribution in [0.3, 0.4) is 0 Å². The fourth-order valence-corrected chi connectivity index (χ4v) is 3.09. The van der Waals surface area contributed by atoms with Gasteiger partial charge in [-0.25, -0.2) is 0 Å². The molecular weight excluding hydrogens is 296 g/mol. The molecule has 0 radical (unpaired) electrons. The topological polar surface area (TPSA) is 32.3 Å². The standard InChI is InChI=1S/C20H20N4/c1-3-7-17(8-4-1)19-11-12-20(22-21-19)24-15-13-23(14-16-24)18-9-5-2-6-10-18/h1-12H,13-16H2. The Labute approximate surface area is 142 Å². The van der Waals surface area contributed by atoms with Crippen LogP contribution in [0.5, 0.6) is 0 Å². The molecular formula is C20H20N4. The summed E-state index contributed by atoms with van der Waals surface area (Å²) in [7, 11) is 0. The van der Waals surface area contributed by atoms with Crippen LogP contribution in [0.15, 0.2) is 72.8 Å². The number of benzene rings is 2. The third kappa shape index (κ3) is 3.08. The summed E-state index contributed by atoms with van der Waals surface area (Å²) in [6.07, 6.45) is 0. The van der Waals surface area contributed by atoms with Gasteiger partial charge in [0.25, 0.3) is 0 Å². The summed E-state index contributed by atoms with van der Waals surface area (Å²) in [5.74, 6) is 0.961. The van der Waals surface area contributed by atoms with Crippen molar-refractivity contribution in [1.29, 1.82) is 0 Å². The smallest absolute Gasteiger partial charge is 0.151 e. The lowest BCUT2D eigenvalue weighted by Crippen LogP contribution is -2.46. The predicted molar refractivity (Wildman–Crippen MR) is 98.3 cm³/mol. The van der Waals surface area contributed by atoms with Crippen LogP contribution in [0, 0.1) is 0 Å². The molecule has 0 unspecified atom stereocenters. The Hall–Kier alpha value is -2.88. The van der Waals surface area contributed by atoms with Gasteiger partial charge in [0.05, 0.1) is 5.69 Å². The molecule has 120 valence electrons. The monoisotopic (exact) mass is 316 g/mol. The molecule has 1 aliphatic rings. The average Bonchev–Trinajstić information content (AvgIpc) is 2.70. The molecule has 0 N–H and O–H groups in total. The first kappa shape index (κ1) is 14.7. The minimum Gasteiger partial charge on any atom is -0.368 e. The summed E-state index contributed by atoms with van der Waals surface area (Å²) in [5, 5.41) is 8.83. The third-order valence-electron chi connectivity index (χ3n) is 4.45. The molecule has 0 saturated carbocycles. The van der Waals surface area contributed by atoms with E-state index in [9.17, 15) is 0 Å². The van der Waals surface area contributed by atoms with E-state index in [1.54, 1.807) is 0 Å². The molecule has 0 amide bonds. The van der Waals surface area contributed by atoms with Gasteiger partial charge in [0.1, 0.15) is 0 Å². The molecule has 0 bridgehead atoms. The van der Waals surface area contributed by atoms with E-state index in [2.05, 4.69) is 74.6 Å².